The van der Waals surface area contributed by atoms with Gasteiger partial charge in [0.2, 0.25) is 0 Å². The predicted octanol–water partition coefficient (Wildman–Crippen LogP) is 1.99. The summed E-state index contributed by atoms with van der Waals surface area (Å²) in [6.07, 6.45) is -0.0949. The van der Waals surface area contributed by atoms with Crippen molar-refractivity contribution in [2.75, 3.05) is 19.5 Å². The number of ether oxygens (including phenoxy) is 4. The zero-order chi connectivity index (χ0) is 20.4. The summed E-state index contributed by atoms with van der Waals surface area (Å²) in [6, 6.07) is 8.30. The lowest BCUT2D eigenvalue weighted by molar-refractivity contribution is -0.144. The first-order valence-corrected chi connectivity index (χ1v) is 11.1. The van der Waals surface area contributed by atoms with Gasteiger partial charge in [0.1, 0.15) is 6.29 Å². The normalized spacial score (nSPS) is 32.5. The largest absolute Gasteiger partial charge is 0.378 e. The summed E-state index contributed by atoms with van der Waals surface area (Å²) in [6.45, 7) is 4.14. The van der Waals surface area contributed by atoms with E-state index in [1.165, 1.54) is 0 Å². The molecule has 0 spiro atoms. The van der Waals surface area contributed by atoms with Gasteiger partial charge in [-0.05, 0) is 26.0 Å². The minimum absolute atomic E-state index is 0.124. The van der Waals surface area contributed by atoms with Gasteiger partial charge in [-0.3, -0.25) is 0 Å². The van der Waals surface area contributed by atoms with Crippen LogP contribution in [0.1, 0.15) is 26.7 Å². The van der Waals surface area contributed by atoms with Crippen molar-refractivity contribution in [3.63, 3.8) is 0 Å². The van der Waals surface area contributed by atoms with E-state index >= 15 is 0 Å². The molecule has 2 aliphatic rings. The van der Waals surface area contributed by atoms with Crippen molar-refractivity contribution >= 4 is 16.1 Å². The van der Waals surface area contributed by atoms with Crippen LogP contribution in [0.2, 0.25) is 0 Å². The van der Waals surface area contributed by atoms with Gasteiger partial charge in [-0.15, -0.1) is 0 Å². The molecule has 0 radical (unpaired) electrons. The molecular formula is C20H28O7S. The highest BCUT2D eigenvalue weighted by Gasteiger charge is 2.48. The average Bonchev–Trinajstić information content (AvgIpc) is 3.15. The zero-order valence-corrected chi connectivity index (χ0v) is 17.3. The summed E-state index contributed by atoms with van der Waals surface area (Å²) in [5.41, 5.74) is 0. The highest BCUT2D eigenvalue weighted by atomic mass is 32.2. The Labute approximate surface area is 166 Å². The highest BCUT2D eigenvalue weighted by Crippen LogP contribution is 2.37. The number of benzene rings is 1. The third kappa shape index (κ3) is 4.80. The van der Waals surface area contributed by atoms with Gasteiger partial charge in [-0.25, -0.2) is 8.42 Å². The van der Waals surface area contributed by atoms with E-state index in [4.69, 9.17) is 18.9 Å². The quantitative estimate of drug-likeness (QED) is 0.603. The maximum atomic E-state index is 12.9. The Kier molecular flexibility index (Phi) is 6.56. The minimum Gasteiger partial charge on any atom is -0.378 e. The SMILES string of the molecule is COC1[C@@H](CS(=O)(=O)c2ccccc2)[C@H](CC=O)O[C@@H]1CC1COC(C)(C)O1. The van der Waals surface area contributed by atoms with Crippen molar-refractivity contribution in [2.24, 2.45) is 5.92 Å². The summed E-state index contributed by atoms with van der Waals surface area (Å²) < 4.78 is 49.0. The zero-order valence-electron chi connectivity index (χ0n) is 16.4. The fourth-order valence-electron chi connectivity index (χ4n) is 4.05. The Hall–Kier alpha value is -1.32. The lowest BCUT2D eigenvalue weighted by Gasteiger charge is -2.24. The van der Waals surface area contributed by atoms with Crippen LogP contribution in [0.25, 0.3) is 0 Å². The van der Waals surface area contributed by atoms with Crippen LogP contribution in [-0.2, 0) is 33.6 Å². The van der Waals surface area contributed by atoms with Crippen molar-refractivity contribution in [1.29, 1.82) is 0 Å². The molecule has 3 rings (SSSR count). The van der Waals surface area contributed by atoms with E-state index in [1.54, 1.807) is 37.4 Å². The molecule has 2 saturated heterocycles. The molecule has 0 aliphatic carbocycles. The van der Waals surface area contributed by atoms with Crippen molar-refractivity contribution in [1.82, 2.24) is 0 Å². The van der Waals surface area contributed by atoms with Gasteiger partial charge in [-0.1, -0.05) is 18.2 Å². The van der Waals surface area contributed by atoms with E-state index in [9.17, 15) is 13.2 Å². The Morgan fingerprint density at radius 2 is 1.93 bits per heavy atom. The number of methoxy groups -OCH3 is 1. The van der Waals surface area contributed by atoms with Gasteiger partial charge in [0.15, 0.2) is 15.6 Å². The molecule has 0 bridgehead atoms. The fraction of sp³-hybridized carbons (Fsp3) is 0.650. The number of sulfone groups is 1. The number of aldehydes is 1. The van der Waals surface area contributed by atoms with Gasteiger partial charge in [-0.2, -0.15) is 0 Å². The smallest absolute Gasteiger partial charge is 0.178 e. The van der Waals surface area contributed by atoms with Crippen LogP contribution < -0.4 is 0 Å². The molecule has 0 aromatic heterocycles. The Bertz CT molecular complexity index is 762. The van der Waals surface area contributed by atoms with Gasteiger partial charge in [0.25, 0.3) is 0 Å². The summed E-state index contributed by atoms with van der Waals surface area (Å²) in [7, 11) is -2.00. The number of carbonyl (C=O) groups excluding carboxylic acids is 1. The van der Waals surface area contributed by atoms with E-state index in [0.29, 0.717) is 13.0 Å². The summed E-state index contributed by atoms with van der Waals surface area (Å²) in [5, 5.41) is 0. The second kappa shape index (κ2) is 8.59. The molecule has 2 fully saturated rings. The number of hydrogen-bond donors (Lipinski definition) is 0. The monoisotopic (exact) mass is 412 g/mol. The molecule has 0 saturated carbocycles. The Morgan fingerprint density at radius 1 is 1.21 bits per heavy atom. The lowest BCUT2D eigenvalue weighted by atomic mass is 9.94. The first-order chi connectivity index (χ1) is 13.3. The molecule has 2 heterocycles. The molecule has 1 aromatic carbocycles. The molecule has 7 nitrogen and oxygen atoms in total. The third-order valence-corrected chi connectivity index (χ3v) is 7.11. The van der Waals surface area contributed by atoms with Crippen LogP contribution >= 0.6 is 0 Å². The number of hydrogen-bond acceptors (Lipinski definition) is 7. The first-order valence-electron chi connectivity index (χ1n) is 9.47. The maximum absolute atomic E-state index is 12.9. The van der Waals surface area contributed by atoms with Gasteiger partial charge < -0.3 is 23.7 Å². The lowest BCUT2D eigenvalue weighted by Crippen LogP contribution is -2.36. The van der Waals surface area contributed by atoms with E-state index in [0.717, 1.165) is 6.29 Å². The second-order valence-corrected chi connectivity index (χ2v) is 9.79. The molecule has 2 unspecified atom stereocenters. The van der Waals surface area contributed by atoms with E-state index in [-0.39, 0.29) is 29.3 Å². The Balaban J connectivity index is 1.77. The first kappa shape index (κ1) is 21.4. The van der Waals surface area contributed by atoms with E-state index in [1.807, 2.05) is 13.8 Å². The van der Waals surface area contributed by atoms with E-state index < -0.39 is 33.8 Å². The fourth-order valence-corrected chi connectivity index (χ4v) is 5.72. The predicted molar refractivity (Wildman–Crippen MR) is 102 cm³/mol. The second-order valence-electron chi connectivity index (χ2n) is 7.76. The van der Waals surface area contributed by atoms with Crippen LogP contribution in [-0.4, -0.2) is 64.4 Å². The molecular weight excluding hydrogens is 384 g/mol. The third-order valence-electron chi connectivity index (χ3n) is 5.29. The molecule has 2 aliphatic heterocycles. The molecule has 0 amide bonds. The van der Waals surface area contributed by atoms with Gasteiger partial charge in [0, 0.05) is 25.9 Å². The molecule has 0 N–H and O–H groups in total. The summed E-state index contributed by atoms with van der Waals surface area (Å²) >= 11 is 0. The molecule has 28 heavy (non-hydrogen) atoms. The number of carbonyl (C=O) groups is 1. The van der Waals surface area contributed by atoms with Crippen molar-refractivity contribution in [2.45, 2.75) is 61.8 Å². The average molecular weight is 413 g/mol. The van der Waals surface area contributed by atoms with E-state index in [2.05, 4.69) is 0 Å². The van der Waals surface area contributed by atoms with Crippen molar-refractivity contribution < 1.29 is 32.2 Å². The van der Waals surface area contributed by atoms with Crippen LogP contribution in [0.3, 0.4) is 0 Å². The topological polar surface area (TPSA) is 88.1 Å². The molecule has 5 atom stereocenters. The summed E-state index contributed by atoms with van der Waals surface area (Å²) in [4.78, 5) is 11.4. The van der Waals surface area contributed by atoms with Crippen molar-refractivity contribution in [3.8, 4) is 0 Å². The Morgan fingerprint density at radius 3 is 2.50 bits per heavy atom. The van der Waals surface area contributed by atoms with Gasteiger partial charge >= 0.3 is 0 Å². The van der Waals surface area contributed by atoms with Gasteiger partial charge in [0.05, 0.1) is 41.7 Å². The van der Waals surface area contributed by atoms with Crippen molar-refractivity contribution in [3.05, 3.63) is 30.3 Å². The minimum atomic E-state index is -3.54. The van der Waals surface area contributed by atoms with Crippen LogP contribution in [0, 0.1) is 5.92 Å². The highest BCUT2D eigenvalue weighted by molar-refractivity contribution is 7.91. The van der Waals surface area contributed by atoms with Crippen LogP contribution in [0.4, 0.5) is 0 Å². The molecule has 156 valence electrons. The van der Waals surface area contributed by atoms with Crippen LogP contribution in [0.5, 0.6) is 0 Å². The van der Waals surface area contributed by atoms with Crippen LogP contribution in [0.15, 0.2) is 35.2 Å². The molecule has 8 heteroatoms. The maximum Gasteiger partial charge on any atom is 0.178 e. The summed E-state index contributed by atoms with van der Waals surface area (Å²) in [5.74, 6) is -1.23. The number of rotatable bonds is 8. The standard InChI is InChI=1S/C20H28O7S/c1-20(2)25-12-14(27-20)11-18-19(24-3)16(17(26-18)9-10-21)13-28(22,23)15-7-5-4-6-8-15/h4-8,10,14,16-19H,9,11-13H2,1-3H3/t14?,16-,17-,18+,19?/m0/s1. The molecule has 1 aromatic rings.